The van der Waals surface area contributed by atoms with Gasteiger partial charge in [0.05, 0.1) is 79.1 Å². The summed E-state index contributed by atoms with van der Waals surface area (Å²) in [6.07, 6.45) is 1.95. The first-order valence-electron chi connectivity index (χ1n) is 9.27. The Morgan fingerprint density at radius 3 is 1.45 bits per heavy atom. The van der Waals surface area contributed by atoms with Crippen LogP contribution in [0.3, 0.4) is 0 Å². The highest BCUT2D eigenvalue weighted by Gasteiger charge is 2.07. The lowest BCUT2D eigenvalue weighted by Crippen LogP contribution is -2.34. The minimum Gasteiger partial charge on any atom is -0.378 e. The fourth-order valence-corrected chi connectivity index (χ4v) is 2.86. The van der Waals surface area contributed by atoms with Gasteiger partial charge in [-0.15, -0.1) is 4.33 Å². The molecule has 188 valence electrons. The molecule has 0 rings (SSSR count). The first-order valence-corrected chi connectivity index (χ1v) is 13.6. The molecule has 0 amide bonds. The van der Waals surface area contributed by atoms with E-state index in [9.17, 15) is 16.8 Å². The summed E-state index contributed by atoms with van der Waals surface area (Å²) in [6.45, 7) is 3.75. The minimum absolute atomic E-state index is 0.0454. The van der Waals surface area contributed by atoms with Crippen molar-refractivity contribution >= 4 is 32.6 Å². The Kier molecular flexibility index (Phi) is 19.3. The fourth-order valence-electron chi connectivity index (χ4n) is 1.89. The van der Waals surface area contributed by atoms with Crippen molar-refractivity contribution in [2.45, 2.75) is 0 Å². The molecule has 13 nitrogen and oxygen atoms in total. The van der Waals surface area contributed by atoms with Crippen LogP contribution in [0.1, 0.15) is 0 Å². The largest absolute Gasteiger partial charge is 0.378 e. The van der Waals surface area contributed by atoms with Crippen molar-refractivity contribution in [3.63, 3.8) is 0 Å². The molecule has 31 heavy (non-hydrogen) atoms. The van der Waals surface area contributed by atoms with E-state index in [1.54, 1.807) is 0 Å². The van der Waals surface area contributed by atoms with Crippen LogP contribution in [0.2, 0.25) is 0 Å². The summed E-state index contributed by atoms with van der Waals surface area (Å²) < 4.78 is 78.5. The van der Waals surface area contributed by atoms with Gasteiger partial charge >= 0.3 is 0 Å². The summed E-state index contributed by atoms with van der Waals surface area (Å²) in [5.41, 5.74) is 0. The second kappa shape index (κ2) is 19.4. The third-order valence-corrected chi connectivity index (χ3v) is 4.80. The van der Waals surface area contributed by atoms with Gasteiger partial charge in [-0.1, -0.05) is 0 Å². The van der Waals surface area contributed by atoms with E-state index in [-0.39, 0.29) is 26.4 Å². The maximum atomic E-state index is 10.9. The molecule has 16 heteroatoms. The third-order valence-electron chi connectivity index (χ3n) is 3.16. The van der Waals surface area contributed by atoms with Gasteiger partial charge in [0, 0.05) is 19.6 Å². The zero-order chi connectivity index (χ0) is 23.4. The molecule has 0 N–H and O–H groups in total. The molecule has 0 aliphatic carbocycles. The summed E-state index contributed by atoms with van der Waals surface area (Å²) in [5, 5.41) is 0. The molecule has 0 aliphatic heterocycles. The number of rotatable bonds is 23. The van der Waals surface area contributed by atoms with Crippen LogP contribution < -0.4 is 0 Å². The van der Waals surface area contributed by atoms with Crippen molar-refractivity contribution < 1.29 is 52.8 Å². The maximum Gasteiger partial charge on any atom is 0.264 e. The zero-order valence-corrected chi connectivity index (χ0v) is 20.5. The molecule has 0 aromatic rings. The van der Waals surface area contributed by atoms with Crippen molar-refractivity contribution in [3.8, 4) is 0 Å². The predicted molar refractivity (Wildman–Crippen MR) is 112 cm³/mol. The molecule has 0 bridgehead atoms. The van der Waals surface area contributed by atoms with Crippen LogP contribution >= 0.6 is 12.3 Å². The second-order valence-corrected chi connectivity index (χ2v) is 9.65. The van der Waals surface area contributed by atoms with Gasteiger partial charge in [0.25, 0.3) is 20.2 Å². The van der Waals surface area contributed by atoms with Crippen LogP contribution in [-0.4, -0.2) is 120 Å². The highest BCUT2D eigenvalue weighted by molar-refractivity contribution is 7.89. The molecule has 0 saturated heterocycles. The van der Waals surface area contributed by atoms with Crippen LogP contribution in [-0.2, 0) is 56.2 Å². The van der Waals surface area contributed by atoms with E-state index in [4.69, 9.17) is 18.4 Å². The number of hydrogen-bond donors (Lipinski definition) is 0. The number of ether oxygens (including phenoxy) is 3. The molecular weight excluding hydrogens is 482 g/mol. The predicted octanol–water partition coefficient (Wildman–Crippen LogP) is -0.552. The minimum atomic E-state index is -3.48. The Hall–Kier alpha value is -0.110. The second-order valence-electron chi connectivity index (χ2n) is 5.86. The Morgan fingerprint density at radius 1 is 0.645 bits per heavy atom. The Labute approximate surface area is 189 Å². The molecule has 0 fully saturated rings. The SMILES string of the molecule is COOSOCCOCCN(CCOCCOS(C)(=O)=O)CCOCCOS(C)(=O)=O. The molecule has 0 radical (unpaired) electrons. The van der Waals surface area contributed by atoms with Crippen molar-refractivity contribution in [2.75, 3.05) is 98.7 Å². The lowest BCUT2D eigenvalue weighted by molar-refractivity contribution is -0.167. The summed E-state index contributed by atoms with van der Waals surface area (Å²) in [5.74, 6) is 0. The summed E-state index contributed by atoms with van der Waals surface area (Å²) >= 11 is 0.714. The monoisotopic (exact) mass is 515 g/mol. The van der Waals surface area contributed by atoms with Crippen LogP contribution in [0.25, 0.3) is 0 Å². The van der Waals surface area contributed by atoms with Crippen molar-refractivity contribution in [2.24, 2.45) is 0 Å². The molecular formula is C15H33NO12S3. The van der Waals surface area contributed by atoms with Crippen LogP contribution in [0.15, 0.2) is 0 Å². The quantitative estimate of drug-likeness (QED) is 0.0563. The highest BCUT2D eigenvalue weighted by atomic mass is 32.2. The standard InChI is InChI=1S/C15H33NO12S3/c1-21-28-29-25-13-10-22-7-4-16(5-8-23-11-14-26-30(2,17)18)6-9-24-12-15-27-31(3,19)20/h4-15H2,1-3H3. The molecule has 0 heterocycles. The van der Waals surface area contributed by atoms with Crippen molar-refractivity contribution in [3.05, 3.63) is 0 Å². The molecule has 0 atom stereocenters. The zero-order valence-electron chi connectivity index (χ0n) is 18.1. The van der Waals surface area contributed by atoms with Gasteiger partial charge in [-0.25, -0.2) is 4.89 Å². The lowest BCUT2D eigenvalue weighted by atomic mass is 10.4. The normalized spacial score (nSPS) is 12.6. The van der Waals surface area contributed by atoms with Gasteiger partial charge in [0.2, 0.25) is 0 Å². The highest BCUT2D eigenvalue weighted by Crippen LogP contribution is 2.03. The van der Waals surface area contributed by atoms with Crippen LogP contribution in [0.4, 0.5) is 0 Å². The van der Waals surface area contributed by atoms with E-state index in [0.29, 0.717) is 65.0 Å². The Morgan fingerprint density at radius 2 is 1.06 bits per heavy atom. The summed E-state index contributed by atoms with van der Waals surface area (Å²) in [7, 11) is -5.59. The van der Waals surface area contributed by atoms with Gasteiger partial charge in [-0.05, 0) is 0 Å². The molecule has 0 unspecified atom stereocenters. The average Bonchev–Trinajstić information content (AvgIpc) is 2.66. The van der Waals surface area contributed by atoms with Crippen molar-refractivity contribution in [1.29, 1.82) is 0 Å². The lowest BCUT2D eigenvalue weighted by Gasteiger charge is -2.22. The molecule has 0 aromatic carbocycles. The maximum absolute atomic E-state index is 10.9. The average molecular weight is 516 g/mol. The van der Waals surface area contributed by atoms with E-state index in [0.717, 1.165) is 12.5 Å². The van der Waals surface area contributed by atoms with E-state index >= 15 is 0 Å². The van der Waals surface area contributed by atoms with Crippen molar-refractivity contribution in [1.82, 2.24) is 4.90 Å². The van der Waals surface area contributed by atoms with E-state index in [1.807, 2.05) is 4.90 Å². The topological polar surface area (TPSA) is 145 Å². The van der Waals surface area contributed by atoms with Gasteiger partial charge in [-0.3, -0.25) is 17.4 Å². The van der Waals surface area contributed by atoms with E-state index in [1.165, 1.54) is 7.11 Å². The summed E-state index contributed by atoms with van der Waals surface area (Å²) in [4.78, 5) is 6.38. The summed E-state index contributed by atoms with van der Waals surface area (Å²) in [6, 6.07) is 0. The third kappa shape index (κ3) is 26.0. The molecule has 0 saturated carbocycles. The number of hydrogen-bond acceptors (Lipinski definition) is 14. The fraction of sp³-hybridized carbons (Fsp3) is 1.00. The van der Waals surface area contributed by atoms with Gasteiger partial charge < -0.3 is 14.2 Å². The molecule has 0 spiro atoms. The Bertz CT molecular complexity index is 573. The van der Waals surface area contributed by atoms with Crippen LogP contribution in [0.5, 0.6) is 0 Å². The smallest absolute Gasteiger partial charge is 0.264 e. The van der Waals surface area contributed by atoms with E-state index < -0.39 is 20.2 Å². The molecule has 0 aliphatic rings. The van der Waals surface area contributed by atoms with Gasteiger partial charge in [-0.2, -0.15) is 16.8 Å². The number of nitrogens with zero attached hydrogens (tertiary/aromatic N) is 1. The first kappa shape index (κ1) is 30.9. The first-order chi connectivity index (χ1) is 14.6. The van der Waals surface area contributed by atoms with Crippen LogP contribution in [0, 0.1) is 0 Å². The van der Waals surface area contributed by atoms with Gasteiger partial charge in [0.1, 0.15) is 0 Å². The Balaban J connectivity index is 4.02. The van der Waals surface area contributed by atoms with E-state index in [2.05, 4.69) is 17.6 Å². The van der Waals surface area contributed by atoms with Gasteiger partial charge in [0.15, 0.2) is 12.3 Å². The molecule has 0 aromatic heterocycles.